The molecule has 0 aliphatic carbocycles. The maximum Gasteiger partial charge on any atom is 0.201 e. The molecule has 5 heterocycles. The quantitative estimate of drug-likeness (QED) is 0.637. The Labute approximate surface area is 170 Å². The Kier molecular flexibility index (Phi) is 4.93. The van der Waals surface area contributed by atoms with Crippen LogP contribution in [0, 0.1) is 5.95 Å². The minimum Gasteiger partial charge on any atom is -0.353 e. The second kappa shape index (κ2) is 7.72. The molecule has 0 aromatic carbocycles. The lowest BCUT2D eigenvalue weighted by atomic mass is 10.1. The molecule has 2 fully saturated rings. The summed E-state index contributed by atoms with van der Waals surface area (Å²) in [5, 5.41) is 0. The molecule has 3 aromatic rings. The average molecular weight is 394 g/mol. The number of anilines is 1. The number of fused-ring (bicyclic) bond motifs is 1. The number of hydrogen-bond donors (Lipinski definition) is 0. The van der Waals surface area contributed by atoms with E-state index in [0.717, 1.165) is 62.8 Å². The molecule has 2 aliphatic heterocycles. The molecule has 0 saturated carbocycles. The minimum atomic E-state index is -0.252. The lowest BCUT2D eigenvalue weighted by molar-refractivity contribution is 0.241. The van der Waals surface area contributed by atoms with Crippen molar-refractivity contribution in [3.63, 3.8) is 0 Å². The molecule has 152 valence electrons. The summed E-state index contributed by atoms with van der Waals surface area (Å²) in [6, 6.07) is 11.6. The zero-order valence-electron chi connectivity index (χ0n) is 16.8. The van der Waals surface area contributed by atoms with Crippen LogP contribution in [0.25, 0.3) is 5.65 Å². The largest absolute Gasteiger partial charge is 0.353 e. The van der Waals surface area contributed by atoms with Crippen LogP contribution >= 0.6 is 0 Å². The van der Waals surface area contributed by atoms with Crippen LogP contribution in [-0.4, -0.2) is 63.9 Å². The van der Waals surface area contributed by atoms with Gasteiger partial charge in [0.15, 0.2) is 0 Å². The van der Waals surface area contributed by atoms with E-state index in [9.17, 15) is 4.39 Å². The molecule has 5 rings (SSSR count). The fourth-order valence-electron chi connectivity index (χ4n) is 4.65. The van der Waals surface area contributed by atoms with Crippen molar-refractivity contribution in [3.05, 3.63) is 59.9 Å². The number of pyridine rings is 2. The summed E-state index contributed by atoms with van der Waals surface area (Å²) in [5.41, 5.74) is 2.76. The predicted molar refractivity (Wildman–Crippen MR) is 111 cm³/mol. The third-order valence-corrected chi connectivity index (χ3v) is 6.19. The third-order valence-electron chi connectivity index (χ3n) is 6.19. The van der Waals surface area contributed by atoms with Crippen molar-refractivity contribution in [1.82, 2.24) is 24.2 Å². The van der Waals surface area contributed by atoms with Gasteiger partial charge in [-0.15, -0.1) is 0 Å². The van der Waals surface area contributed by atoms with Crippen LogP contribution < -0.4 is 4.90 Å². The summed E-state index contributed by atoms with van der Waals surface area (Å²) in [6.07, 6.45) is 4.11. The van der Waals surface area contributed by atoms with Crippen molar-refractivity contribution >= 4 is 11.5 Å². The lowest BCUT2D eigenvalue weighted by Gasteiger charge is -2.34. The molecule has 1 unspecified atom stereocenters. The molecular formula is C22H27FN6. The van der Waals surface area contributed by atoms with Crippen LogP contribution in [0.3, 0.4) is 0 Å². The fraction of sp³-hybridized carbons (Fsp3) is 0.455. The number of piperazine rings is 1. The van der Waals surface area contributed by atoms with Crippen LogP contribution in [0.15, 0.2) is 42.6 Å². The van der Waals surface area contributed by atoms with Gasteiger partial charge in [0.05, 0.1) is 17.4 Å². The minimum absolute atomic E-state index is 0.252. The van der Waals surface area contributed by atoms with E-state index in [4.69, 9.17) is 4.98 Å². The Morgan fingerprint density at radius 3 is 2.69 bits per heavy atom. The van der Waals surface area contributed by atoms with Crippen molar-refractivity contribution in [1.29, 1.82) is 0 Å². The van der Waals surface area contributed by atoms with E-state index < -0.39 is 0 Å². The summed E-state index contributed by atoms with van der Waals surface area (Å²) in [7, 11) is 2.13. The van der Waals surface area contributed by atoms with E-state index in [2.05, 4.69) is 38.9 Å². The maximum atomic E-state index is 14.8. The zero-order chi connectivity index (χ0) is 19.8. The van der Waals surface area contributed by atoms with Gasteiger partial charge in [0.1, 0.15) is 11.5 Å². The van der Waals surface area contributed by atoms with Gasteiger partial charge < -0.3 is 9.80 Å². The zero-order valence-corrected chi connectivity index (χ0v) is 16.8. The SMILES string of the molecule is CN1CCN(c2c(CN3CCCC3c3ccccn3)nc3cccc(F)n23)CC1. The van der Waals surface area contributed by atoms with E-state index >= 15 is 0 Å². The molecule has 0 amide bonds. The molecule has 2 saturated heterocycles. The summed E-state index contributed by atoms with van der Waals surface area (Å²) < 4.78 is 16.5. The highest BCUT2D eigenvalue weighted by Gasteiger charge is 2.30. The van der Waals surface area contributed by atoms with Crippen molar-refractivity contribution in [2.24, 2.45) is 0 Å². The van der Waals surface area contributed by atoms with Gasteiger partial charge in [0, 0.05) is 38.9 Å². The van der Waals surface area contributed by atoms with Crippen molar-refractivity contribution in [2.75, 3.05) is 44.7 Å². The molecule has 29 heavy (non-hydrogen) atoms. The lowest BCUT2D eigenvalue weighted by Crippen LogP contribution is -2.45. The highest BCUT2D eigenvalue weighted by Crippen LogP contribution is 2.34. The number of halogens is 1. The Morgan fingerprint density at radius 1 is 1.03 bits per heavy atom. The Morgan fingerprint density at radius 2 is 1.90 bits per heavy atom. The summed E-state index contributed by atoms with van der Waals surface area (Å²) in [6.45, 7) is 5.44. The fourth-order valence-corrected chi connectivity index (χ4v) is 4.65. The molecule has 0 bridgehead atoms. The number of nitrogens with zero attached hydrogens (tertiary/aromatic N) is 6. The normalized spacial score (nSPS) is 21.3. The Balaban J connectivity index is 1.51. The van der Waals surface area contributed by atoms with Gasteiger partial charge in [-0.05, 0) is 50.7 Å². The second-order valence-electron chi connectivity index (χ2n) is 8.10. The van der Waals surface area contributed by atoms with E-state index in [1.54, 1.807) is 10.5 Å². The Bertz CT molecular complexity index is 980. The van der Waals surface area contributed by atoms with Crippen molar-refractivity contribution in [2.45, 2.75) is 25.4 Å². The first-order valence-corrected chi connectivity index (χ1v) is 10.4. The maximum absolute atomic E-state index is 14.8. The molecular weight excluding hydrogens is 367 g/mol. The molecule has 2 aliphatic rings. The van der Waals surface area contributed by atoms with Gasteiger partial charge >= 0.3 is 0 Å². The second-order valence-corrected chi connectivity index (χ2v) is 8.10. The van der Waals surface area contributed by atoms with Gasteiger partial charge in [0.25, 0.3) is 0 Å². The molecule has 0 N–H and O–H groups in total. The summed E-state index contributed by atoms with van der Waals surface area (Å²) in [4.78, 5) is 16.5. The average Bonchev–Trinajstić information content (AvgIpc) is 3.35. The highest BCUT2D eigenvalue weighted by atomic mass is 19.1. The van der Waals surface area contributed by atoms with Gasteiger partial charge in [-0.2, -0.15) is 4.39 Å². The number of hydrogen-bond acceptors (Lipinski definition) is 5. The van der Waals surface area contributed by atoms with Crippen molar-refractivity contribution in [3.8, 4) is 0 Å². The molecule has 0 radical (unpaired) electrons. The highest BCUT2D eigenvalue weighted by molar-refractivity contribution is 5.57. The summed E-state index contributed by atoms with van der Waals surface area (Å²) in [5.74, 6) is 0.663. The Hall–Kier alpha value is -2.51. The van der Waals surface area contributed by atoms with Crippen LogP contribution in [0.4, 0.5) is 10.2 Å². The molecule has 0 spiro atoms. The first-order chi connectivity index (χ1) is 14.2. The number of likely N-dealkylation sites (N-methyl/N-ethyl adjacent to an activating group) is 1. The number of aromatic nitrogens is 3. The van der Waals surface area contributed by atoms with Crippen molar-refractivity contribution < 1.29 is 4.39 Å². The van der Waals surface area contributed by atoms with Crippen LogP contribution in [0.5, 0.6) is 0 Å². The molecule has 6 nitrogen and oxygen atoms in total. The van der Waals surface area contributed by atoms with Crippen LogP contribution in [0.1, 0.15) is 30.3 Å². The monoisotopic (exact) mass is 394 g/mol. The molecule has 3 aromatic heterocycles. The standard InChI is InChI=1S/C22H27FN6/c1-26-12-14-27(15-13-26)22-18(25-21-9-4-8-20(23)29(21)22)16-28-11-5-7-19(28)17-6-2-3-10-24-17/h2-4,6,8-10,19H,5,7,11-16H2,1H3. The van der Waals surface area contributed by atoms with E-state index in [1.165, 1.54) is 6.07 Å². The summed E-state index contributed by atoms with van der Waals surface area (Å²) >= 11 is 0. The van der Waals surface area contributed by atoms with E-state index in [1.807, 2.05) is 18.3 Å². The molecule has 1 atom stereocenters. The van der Waals surface area contributed by atoms with Gasteiger partial charge in [0.2, 0.25) is 5.95 Å². The predicted octanol–water partition coefficient (Wildman–Crippen LogP) is 2.96. The van der Waals surface area contributed by atoms with Crippen LogP contribution in [-0.2, 0) is 6.54 Å². The smallest absolute Gasteiger partial charge is 0.201 e. The van der Waals surface area contributed by atoms with Gasteiger partial charge in [-0.1, -0.05) is 12.1 Å². The number of imidazole rings is 1. The first-order valence-electron chi connectivity index (χ1n) is 10.4. The first kappa shape index (κ1) is 18.5. The van der Waals surface area contributed by atoms with E-state index in [-0.39, 0.29) is 5.95 Å². The third kappa shape index (κ3) is 3.49. The number of likely N-dealkylation sites (tertiary alicyclic amines) is 1. The van der Waals surface area contributed by atoms with Gasteiger partial charge in [-0.3, -0.25) is 14.3 Å². The topological polar surface area (TPSA) is 39.9 Å². The number of rotatable bonds is 4. The van der Waals surface area contributed by atoms with Gasteiger partial charge in [-0.25, -0.2) is 4.98 Å². The molecule has 7 heteroatoms. The van der Waals surface area contributed by atoms with Crippen LogP contribution in [0.2, 0.25) is 0 Å². The van der Waals surface area contributed by atoms with E-state index in [0.29, 0.717) is 18.2 Å².